The first-order valence-electron chi connectivity index (χ1n) is 5.89. The van der Waals surface area contributed by atoms with Gasteiger partial charge in [-0.2, -0.15) is 5.26 Å². The van der Waals surface area contributed by atoms with Crippen molar-refractivity contribution in [2.75, 3.05) is 5.32 Å². The number of anilines is 1. The van der Waals surface area contributed by atoms with Gasteiger partial charge in [-0.05, 0) is 34.5 Å². The Hall–Kier alpha value is -2.53. The van der Waals surface area contributed by atoms with E-state index in [0.717, 1.165) is 5.56 Å². The third-order valence-electron chi connectivity index (χ3n) is 2.69. The Labute approximate surface area is 128 Å². The highest BCUT2D eigenvalue weighted by molar-refractivity contribution is 9.10. The summed E-state index contributed by atoms with van der Waals surface area (Å²) in [6.45, 7) is 1.84. The lowest BCUT2D eigenvalue weighted by atomic mass is 10.1. The molecule has 7 nitrogen and oxygen atoms in total. The molecule has 0 saturated heterocycles. The van der Waals surface area contributed by atoms with E-state index in [4.69, 9.17) is 10.4 Å². The summed E-state index contributed by atoms with van der Waals surface area (Å²) in [5.74, 6) is -1.14. The van der Waals surface area contributed by atoms with E-state index in [1.165, 1.54) is 6.20 Å². The van der Waals surface area contributed by atoms with Crippen LogP contribution in [0.25, 0.3) is 0 Å². The summed E-state index contributed by atoms with van der Waals surface area (Å²) < 4.78 is 0.711. The first-order chi connectivity index (χ1) is 10.0. The van der Waals surface area contributed by atoms with Gasteiger partial charge in [-0.1, -0.05) is 6.07 Å². The monoisotopic (exact) mass is 347 g/mol. The molecule has 0 aromatic carbocycles. The Kier molecular flexibility index (Phi) is 4.45. The van der Waals surface area contributed by atoms with Crippen LogP contribution in [0.4, 0.5) is 5.82 Å². The van der Waals surface area contributed by atoms with Crippen molar-refractivity contribution >= 4 is 27.7 Å². The van der Waals surface area contributed by atoms with Gasteiger partial charge in [0.15, 0.2) is 17.2 Å². The summed E-state index contributed by atoms with van der Waals surface area (Å²) in [7, 11) is 0. The number of carbonyl (C=O) groups is 1. The zero-order chi connectivity index (χ0) is 15.4. The van der Waals surface area contributed by atoms with Crippen molar-refractivity contribution in [3.8, 4) is 6.07 Å². The van der Waals surface area contributed by atoms with Gasteiger partial charge in [0.25, 0.3) is 0 Å². The third kappa shape index (κ3) is 3.52. The lowest BCUT2D eigenvalue weighted by Gasteiger charge is -2.15. The Balaban J connectivity index is 2.28. The second-order valence-corrected chi connectivity index (χ2v) is 4.96. The highest BCUT2D eigenvalue weighted by atomic mass is 79.9. The molecule has 1 atom stereocenters. The summed E-state index contributed by atoms with van der Waals surface area (Å²) in [5.41, 5.74) is 0.530. The average molecular weight is 348 g/mol. The molecular formula is C13H10BrN5O2. The van der Waals surface area contributed by atoms with Gasteiger partial charge in [0.05, 0.1) is 12.2 Å². The maximum absolute atomic E-state index is 11.2. The first kappa shape index (κ1) is 14.9. The fourth-order valence-electron chi connectivity index (χ4n) is 1.63. The molecule has 0 aliphatic heterocycles. The molecule has 0 bridgehead atoms. The van der Waals surface area contributed by atoms with Crippen LogP contribution in [0.2, 0.25) is 0 Å². The van der Waals surface area contributed by atoms with Gasteiger partial charge in [0, 0.05) is 6.20 Å². The van der Waals surface area contributed by atoms with Crippen LogP contribution in [-0.4, -0.2) is 26.0 Å². The van der Waals surface area contributed by atoms with Crippen LogP contribution < -0.4 is 5.32 Å². The molecule has 2 heterocycles. The van der Waals surface area contributed by atoms with E-state index in [9.17, 15) is 4.79 Å². The fourth-order valence-corrected chi connectivity index (χ4v) is 1.86. The minimum absolute atomic E-state index is 0.0455. The third-order valence-corrected chi connectivity index (χ3v) is 3.16. The highest BCUT2D eigenvalue weighted by Crippen LogP contribution is 2.20. The molecule has 0 aliphatic rings. The number of aromatic nitrogens is 3. The van der Waals surface area contributed by atoms with E-state index < -0.39 is 5.97 Å². The highest BCUT2D eigenvalue weighted by Gasteiger charge is 2.17. The largest absolute Gasteiger partial charge is 0.476 e. The summed E-state index contributed by atoms with van der Waals surface area (Å²) in [5, 5.41) is 20.8. The predicted molar refractivity (Wildman–Crippen MR) is 77.7 cm³/mol. The van der Waals surface area contributed by atoms with Crippen LogP contribution in [0.1, 0.15) is 34.7 Å². The maximum atomic E-state index is 11.2. The van der Waals surface area contributed by atoms with Gasteiger partial charge >= 0.3 is 5.97 Å². The molecule has 0 fully saturated rings. The zero-order valence-electron chi connectivity index (χ0n) is 10.9. The van der Waals surface area contributed by atoms with Crippen molar-refractivity contribution in [2.45, 2.75) is 13.0 Å². The van der Waals surface area contributed by atoms with Crippen LogP contribution in [0, 0.1) is 11.3 Å². The topological polar surface area (TPSA) is 112 Å². The Bertz CT molecular complexity index is 711. The Morgan fingerprint density at radius 3 is 2.76 bits per heavy atom. The molecule has 2 N–H and O–H groups in total. The number of hydrogen-bond acceptors (Lipinski definition) is 6. The second kappa shape index (κ2) is 6.28. The molecular weight excluding hydrogens is 338 g/mol. The first-order valence-corrected chi connectivity index (χ1v) is 6.69. The number of nitrogens with zero attached hydrogens (tertiary/aromatic N) is 4. The predicted octanol–water partition coefficient (Wildman–Crippen LogP) is 2.38. The van der Waals surface area contributed by atoms with Gasteiger partial charge in [-0.25, -0.2) is 19.7 Å². The van der Waals surface area contributed by atoms with Gasteiger partial charge in [-0.15, -0.1) is 0 Å². The number of hydrogen-bond donors (Lipinski definition) is 2. The summed E-state index contributed by atoms with van der Waals surface area (Å²) in [4.78, 5) is 23.0. The number of aromatic carboxylic acids is 1. The van der Waals surface area contributed by atoms with Crippen LogP contribution >= 0.6 is 15.9 Å². The molecule has 0 spiro atoms. The number of pyridine rings is 1. The van der Waals surface area contributed by atoms with E-state index in [1.54, 1.807) is 18.3 Å². The average Bonchev–Trinajstić information content (AvgIpc) is 2.48. The molecule has 2 aromatic heterocycles. The van der Waals surface area contributed by atoms with Gasteiger partial charge in [0.2, 0.25) is 0 Å². The molecule has 0 radical (unpaired) electrons. The molecule has 0 amide bonds. The van der Waals surface area contributed by atoms with Gasteiger partial charge < -0.3 is 10.4 Å². The van der Waals surface area contributed by atoms with E-state index in [2.05, 4.69) is 36.2 Å². The molecule has 106 valence electrons. The number of nitriles is 1. The Morgan fingerprint density at radius 2 is 2.19 bits per heavy atom. The van der Waals surface area contributed by atoms with E-state index in [-0.39, 0.29) is 23.2 Å². The SMILES string of the molecule is C[C@@H](Nc1ncc(C#N)nc1C(=O)O)c1ccc(Br)nc1. The summed E-state index contributed by atoms with van der Waals surface area (Å²) >= 11 is 3.25. The molecule has 21 heavy (non-hydrogen) atoms. The second-order valence-electron chi connectivity index (χ2n) is 4.15. The van der Waals surface area contributed by atoms with Crippen molar-refractivity contribution < 1.29 is 9.90 Å². The molecule has 2 aromatic rings. The molecule has 2 rings (SSSR count). The quantitative estimate of drug-likeness (QED) is 0.816. The van der Waals surface area contributed by atoms with Gasteiger partial charge in [-0.3, -0.25) is 0 Å². The lowest BCUT2D eigenvalue weighted by Crippen LogP contribution is -2.14. The van der Waals surface area contributed by atoms with Crippen molar-refractivity contribution in [1.29, 1.82) is 5.26 Å². The molecule has 0 saturated carbocycles. The van der Waals surface area contributed by atoms with Crippen molar-refractivity contribution in [2.24, 2.45) is 0 Å². The van der Waals surface area contributed by atoms with Crippen molar-refractivity contribution in [1.82, 2.24) is 15.0 Å². The number of halogens is 1. The summed E-state index contributed by atoms with van der Waals surface area (Å²) in [6.07, 6.45) is 2.89. The number of nitrogens with one attached hydrogen (secondary N) is 1. The number of rotatable bonds is 4. The van der Waals surface area contributed by atoms with Crippen LogP contribution in [-0.2, 0) is 0 Å². The molecule has 0 aliphatic carbocycles. The fraction of sp³-hybridized carbons (Fsp3) is 0.154. The zero-order valence-corrected chi connectivity index (χ0v) is 12.5. The van der Waals surface area contributed by atoms with Crippen LogP contribution in [0.3, 0.4) is 0 Å². The standard InChI is InChI=1S/C13H10BrN5O2/c1-7(8-2-3-10(14)16-5-8)18-12-11(13(20)21)19-9(4-15)6-17-12/h2-3,5-7H,1H3,(H,17,18)(H,20,21)/t7-/m1/s1. The van der Waals surface area contributed by atoms with Crippen molar-refractivity contribution in [3.63, 3.8) is 0 Å². The smallest absolute Gasteiger partial charge is 0.358 e. The van der Waals surface area contributed by atoms with E-state index in [1.807, 2.05) is 13.0 Å². The molecule has 0 unspecified atom stereocenters. The van der Waals surface area contributed by atoms with Crippen molar-refractivity contribution in [3.05, 3.63) is 46.1 Å². The maximum Gasteiger partial charge on any atom is 0.358 e. The lowest BCUT2D eigenvalue weighted by molar-refractivity contribution is 0.0691. The normalized spacial score (nSPS) is 11.5. The summed E-state index contributed by atoms with van der Waals surface area (Å²) in [6, 6.07) is 5.19. The molecule has 8 heteroatoms. The number of carboxylic acids is 1. The van der Waals surface area contributed by atoms with Gasteiger partial charge in [0.1, 0.15) is 10.7 Å². The Morgan fingerprint density at radius 1 is 1.43 bits per heavy atom. The minimum atomic E-state index is -1.25. The van der Waals surface area contributed by atoms with E-state index >= 15 is 0 Å². The number of carboxylic acid groups (broad SMARTS) is 1. The van der Waals surface area contributed by atoms with Crippen LogP contribution in [0.15, 0.2) is 29.1 Å². The minimum Gasteiger partial charge on any atom is -0.476 e. The van der Waals surface area contributed by atoms with Crippen LogP contribution in [0.5, 0.6) is 0 Å². The van der Waals surface area contributed by atoms with E-state index in [0.29, 0.717) is 4.60 Å².